The molecule has 0 nitrogen and oxygen atoms in total. The van der Waals surface area contributed by atoms with Crippen LogP contribution in [0, 0.1) is 0 Å². The van der Waals surface area contributed by atoms with E-state index in [9.17, 15) is 24.7 Å². The Labute approximate surface area is 578 Å². The van der Waals surface area contributed by atoms with Crippen molar-refractivity contribution in [2.45, 2.75) is 0 Å². The molecule has 0 atom stereocenters. The fourth-order valence-electron chi connectivity index (χ4n) is 10.5. The minimum Gasteiger partial charge on any atom is -0.135 e. The van der Waals surface area contributed by atoms with E-state index in [1.54, 1.807) is 0 Å². The van der Waals surface area contributed by atoms with Crippen LogP contribution in [0.2, 0.25) is 0 Å². The summed E-state index contributed by atoms with van der Waals surface area (Å²) in [5.74, 6) is 0. The first-order chi connectivity index (χ1) is 63.9. The molecule has 18 aromatic rings. The summed E-state index contributed by atoms with van der Waals surface area (Å²) in [6, 6.07) is -42.1. The van der Waals surface area contributed by atoms with E-state index in [0.717, 1.165) is 17.4 Å². The number of hydrogen-bond donors (Lipinski definition) is 0. The number of rotatable bonds is 6. The normalized spacial score (nSPS) is 20.0. The summed E-state index contributed by atoms with van der Waals surface area (Å²) in [4.78, 5) is 0. The van der Waals surface area contributed by atoms with Crippen molar-refractivity contribution in [2.75, 3.05) is 0 Å². The third-order valence-corrected chi connectivity index (χ3v) is 16.1. The van der Waals surface area contributed by atoms with Gasteiger partial charge in [0.2, 0.25) is 0 Å². The summed E-state index contributed by atoms with van der Waals surface area (Å²) in [6.07, 6.45) is 0. The van der Waals surface area contributed by atoms with Crippen molar-refractivity contribution >= 4 is 128 Å². The Kier molecular flexibility index (Phi) is 4.97. The van der Waals surface area contributed by atoms with Gasteiger partial charge in [0.15, 0.2) is 0 Å². The lowest BCUT2D eigenvalue weighted by Crippen LogP contribution is -1.92. The molecule has 400 valence electrons. The van der Waals surface area contributed by atoms with Crippen molar-refractivity contribution in [3.63, 3.8) is 0 Å². The SMILES string of the molecule is [2H]c1c([2H])c([2H])c(-c2c([2H])c([2H])c(-c3c4c([2H])c([2H])c([2H])c([2H])c4c(-c4c([2H])c([2H])c([2H])c5sc6c([2H])c([2H])c([2H])c([2H])c6c45)c4c([2H])c([2H])c([2H])c([2H])c34)c3c([2H])c([2H])c([2H])c([2H])c23)c([2H])c1[2H].[2H]c1cc2c(-c3c([2H])c([2H])c(-c4c([2H])c([2H])c5sc6c([2H])c([2H])c([2H])c([2H])c6c5c4[2H])c([2H])c3[2H])c3c([2H])c([2H])c([2H])c([2H])c3c(-c3c([2H])c([2H])c([2H])c4c([2H])c([2H])c([2H])c([2H])c34)c2c([2H])c1[2H]. The van der Waals surface area contributed by atoms with E-state index < -0.39 is 440 Å². The zero-order chi connectivity index (χ0) is 101. The van der Waals surface area contributed by atoms with Crippen LogP contribution in [0.4, 0.5) is 0 Å². The van der Waals surface area contributed by atoms with Crippen LogP contribution in [-0.2, 0) is 0 Å². The van der Waals surface area contributed by atoms with Gasteiger partial charge in [0.25, 0.3) is 0 Å². The predicted molar refractivity (Wildman–Crippen MR) is 376 cm³/mol. The first-order valence-corrected chi connectivity index (χ1v) is 27.0. The van der Waals surface area contributed by atoms with Gasteiger partial charge in [0.1, 0.15) is 0 Å². The topological polar surface area (TPSA) is 0 Å². The van der Waals surface area contributed by atoms with Crippen LogP contribution in [0.15, 0.2) is 314 Å². The summed E-state index contributed by atoms with van der Waals surface area (Å²) in [5, 5.41) is -8.47. The summed E-state index contributed by atoms with van der Waals surface area (Å²) in [6.45, 7) is 0. The summed E-state index contributed by atoms with van der Waals surface area (Å²) in [5.41, 5.74) is -7.86. The summed E-state index contributed by atoms with van der Waals surface area (Å²) in [7, 11) is 0. The third-order valence-electron chi connectivity index (χ3n) is 14.1. The molecule has 2 heterocycles. The molecule has 0 unspecified atom stereocenters. The first kappa shape index (κ1) is 20.6. The molecule has 2 aromatic heterocycles. The van der Waals surface area contributed by atoms with E-state index in [2.05, 4.69) is 0 Å². The molecule has 0 aliphatic heterocycles. The molecule has 0 aliphatic rings. The van der Waals surface area contributed by atoms with Crippen LogP contribution in [0.1, 0.15) is 69.9 Å². The van der Waals surface area contributed by atoms with Gasteiger partial charge in [0.05, 0.1) is 69.9 Å². The fraction of sp³-hybridized carbons (Fsp3) is 0. The van der Waals surface area contributed by atoms with E-state index in [-0.39, 0.29) is 40.3 Å². The zero-order valence-electron chi connectivity index (χ0n) is 93.9. The maximum atomic E-state index is 9.72. The van der Waals surface area contributed by atoms with Gasteiger partial charge in [-0.25, -0.2) is 0 Å². The Hall–Kier alpha value is -10.5. The molecule has 18 rings (SSSR count). The predicted octanol–water partition coefficient (Wildman–Crippen LogP) is 25.0. The second-order valence-corrected chi connectivity index (χ2v) is 20.6. The molecule has 0 amide bonds. The minimum atomic E-state index is -1.06. The number of fused-ring (bicyclic) bond motifs is 12. The van der Waals surface area contributed by atoms with Crippen molar-refractivity contribution in [3.8, 4) is 66.8 Å². The van der Waals surface area contributed by atoms with Crippen LogP contribution >= 0.6 is 22.7 Å². The van der Waals surface area contributed by atoms with Crippen LogP contribution in [-0.4, -0.2) is 0 Å². The lowest BCUT2D eigenvalue weighted by atomic mass is 9.83. The summed E-state index contributed by atoms with van der Waals surface area (Å²) >= 11 is 1.39. The van der Waals surface area contributed by atoms with Gasteiger partial charge in [-0.3, -0.25) is 0 Å². The van der Waals surface area contributed by atoms with Crippen LogP contribution in [0.25, 0.3) is 172 Å². The molecule has 0 spiro atoms. The van der Waals surface area contributed by atoms with Gasteiger partial charge < -0.3 is 0 Å². The third kappa shape index (κ3) is 8.17. The van der Waals surface area contributed by atoms with Gasteiger partial charge in [-0.15, -0.1) is 22.7 Å². The molecular weight excluding hydrogens is 1070 g/mol. The lowest BCUT2D eigenvalue weighted by molar-refractivity contribution is 1.64. The average molecular weight is 1180 g/mol. The Bertz CT molecular complexity index is 8750. The molecule has 0 N–H and O–H groups in total. The van der Waals surface area contributed by atoms with Crippen LogP contribution < -0.4 is 0 Å². The van der Waals surface area contributed by atoms with Crippen LogP contribution in [0.3, 0.4) is 0 Å². The fourth-order valence-corrected chi connectivity index (χ4v) is 12.4. The monoisotopic (exact) mass is 1180 g/mol. The van der Waals surface area contributed by atoms with E-state index in [0.29, 0.717) is 11.3 Å². The Balaban J connectivity index is 0.000000190. The minimum absolute atomic E-state index is 0.0370. The first-order valence-electron chi connectivity index (χ1n) is 50.9. The Morgan fingerprint density at radius 2 is 0.605 bits per heavy atom. The van der Waals surface area contributed by atoms with Gasteiger partial charge in [0, 0.05) is 40.3 Å². The highest BCUT2D eigenvalue weighted by Gasteiger charge is 2.22. The van der Waals surface area contributed by atoms with E-state index >= 15 is 0 Å². The Morgan fingerprint density at radius 3 is 1.28 bits per heavy atom. The standard InChI is InChI=1S/2C42H26S/c1-2-12-31-28(10-1)11-9-18-33(31)42-36-16-5-3-14-34(36)41(35-15-4-6-17-37(35)42)29-22-20-27(21-23-29)30-24-25-40-38(26-30)32-13-7-8-19-39(32)43-40;1-2-13-27(14-3-1)28-25-26-35(30-16-5-4-15-29(28)30)40-31-17-6-8-19-33(31)41(34-20-9-7-18-32(34)40)37-22-12-24-39-42(37)36-21-10-11-23-38(36)43-39/h2*1-26H/i1D,2D,3D,4D,5D,6D,7D,8D,9D,10D,11D,12D,13D,14D,16D,17D,18D,19D,20D,21D,22D,23D,24D,25D,26D;1D,2D,3D,4D,5D,6D,7D,8D,9D,10D,11D,12D,13D,14D,15D,16D,17D,18D,19D,20D,21D,22D,23D,24D,25D,26D. The second-order valence-electron chi connectivity index (χ2n) is 18.6. The molecule has 0 fully saturated rings. The Morgan fingerprint density at radius 1 is 0.198 bits per heavy atom. The number of thiophene rings is 2. The smallest absolute Gasteiger partial charge is 0.0638 e. The van der Waals surface area contributed by atoms with E-state index in [4.69, 9.17) is 45.2 Å². The van der Waals surface area contributed by atoms with Crippen molar-refractivity contribution in [1.82, 2.24) is 0 Å². The highest BCUT2D eigenvalue weighted by atomic mass is 32.1. The maximum Gasteiger partial charge on any atom is 0.0638 e. The molecule has 0 bridgehead atoms. The van der Waals surface area contributed by atoms with Crippen molar-refractivity contribution in [3.05, 3.63) is 314 Å². The molecule has 86 heavy (non-hydrogen) atoms. The van der Waals surface area contributed by atoms with Gasteiger partial charge in [-0.2, -0.15) is 0 Å². The molecule has 0 radical (unpaired) electrons. The molecule has 2 heteroatoms. The molecule has 16 aromatic carbocycles. The van der Waals surface area contributed by atoms with Crippen molar-refractivity contribution in [2.24, 2.45) is 0 Å². The highest BCUT2D eigenvalue weighted by molar-refractivity contribution is 7.26. The largest absolute Gasteiger partial charge is 0.135 e. The number of benzene rings is 16. The molecular formula is C84H52S2. The second kappa shape index (κ2) is 20.7. The summed E-state index contributed by atoms with van der Waals surface area (Å²) < 4.78 is 456. The number of hydrogen-bond acceptors (Lipinski definition) is 2. The van der Waals surface area contributed by atoms with E-state index in [1.807, 2.05) is 0 Å². The van der Waals surface area contributed by atoms with E-state index in [1.165, 1.54) is 0 Å². The molecule has 0 saturated carbocycles. The van der Waals surface area contributed by atoms with Gasteiger partial charge >= 0.3 is 0 Å². The lowest BCUT2D eigenvalue weighted by Gasteiger charge is -2.20. The highest BCUT2D eigenvalue weighted by Crippen LogP contribution is 2.50. The zero-order valence-corrected chi connectivity index (χ0v) is 44.5. The molecule has 0 aliphatic carbocycles. The quantitative estimate of drug-likeness (QED) is 0.146. The maximum absolute atomic E-state index is 9.72. The van der Waals surface area contributed by atoms with Crippen LogP contribution in [0.5, 0.6) is 0 Å². The van der Waals surface area contributed by atoms with Crippen molar-refractivity contribution < 1.29 is 69.9 Å². The van der Waals surface area contributed by atoms with Crippen molar-refractivity contribution in [1.29, 1.82) is 0 Å². The van der Waals surface area contributed by atoms with Gasteiger partial charge in [-0.05, 0) is 162 Å². The average Bonchev–Trinajstić information content (AvgIpc) is 1.51. The molecule has 0 saturated heterocycles. The van der Waals surface area contributed by atoms with Gasteiger partial charge in [-0.1, -0.05) is 284 Å².